The quantitative estimate of drug-likeness (QED) is 0.523. The van der Waals surface area contributed by atoms with Crippen LogP contribution in [0.2, 0.25) is 0 Å². The average Bonchev–Trinajstić information content (AvgIpc) is 2.97. The Morgan fingerprint density at radius 1 is 1.20 bits per heavy atom. The van der Waals surface area contributed by atoms with Gasteiger partial charge in [-0.3, -0.25) is 0 Å². The van der Waals surface area contributed by atoms with Crippen molar-refractivity contribution < 1.29 is 4.79 Å². The first kappa shape index (κ1) is 18.7. The van der Waals surface area contributed by atoms with Gasteiger partial charge in [-0.25, -0.2) is 0 Å². The number of allylic oxidation sites excluding steroid dienone is 5. The molecule has 0 saturated heterocycles. The van der Waals surface area contributed by atoms with Crippen LogP contribution in [0.5, 0.6) is 0 Å². The first-order valence-electron chi connectivity index (χ1n) is 10.5. The van der Waals surface area contributed by atoms with E-state index in [1.165, 1.54) is 75.2 Å². The summed E-state index contributed by atoms with van der Waals surface area (Å²) in [6.07, 6.45) is 17.4. The minimum absolute atomic E-state index is 0.205. The maximum Gasteiger partial charge on any atom is 0.123 e. The molecule has 1 nitrogen and oxygen atoms in total. The summed E-state index contributed by atoms with van der Waals surface area (Å²) in [6.45, 7) is 11.3. The van der Waals surface area contributed by atoms with Gasteiger partial charge in [0.15, 0.2) is 0 Å². The van der Waals surface area contributed by atoms with E-state index in [2.05, 4.69) is 39.5 Å². The molecule has 3 fully saturated rings. The summed E-state index contributed by atoms with van der Waals surface area (Å²) in [5, 5.41) is 0. The highest BCUT2D eigenvalue weighted by molar-refractivity contribution is 5.54. The lowest BCUT2D eigenvalue weighted by atomic mass is 9.61. The van der Waals surface area contributed by atoms with Crippen LogP contribution in [0, 0.1) is 29.1 Å². The van der Waals surface area contributed by atoms with Gasteiger partial charge in [-0.15, -0.1) is 0 Å². The lowest BCUT2D eigenvalue weighted by Crippen LogP contribution is -2.36. The van der Waals surface area contributed by atoms with E-state index in [4.69, 9.17) is 0 Å². The minimum Gasteiger partial charge on any atom is -0.303 e. The molecule has 0 aromatic heterocycles. The van der Waals surface area contributed by atoms with Crippen molar-refractivity contribution in [3.8, 4) is 0 Å². The van der Waals surface area contributed by atoms with Crippen molar-refractivity contribution in [1.29, 1.82) is 0 Å². The summed E-state index contributed by atoms with van der Waals surface area (Å²) in [5.41, 5.74) is 4.86. The number of carbonyl (C=O) groups excluding carboxylic acids is 1. The molecule has 0 aromatic carbocycles. The third-order valence-electron chi connectivity index (χ3n) is 7.78. The zero-order chi connectivity index (χ0) is 18.0. The number of hydrogen-bond donors (Lipinski definition) is 0. The fraction of sp³-hybridized carbons (Fsp3) is 0.708. The number of fused-ring (bicyclic) bond motifs is 1. The molecule has 1 heteroatoms. The zero-order valence-electron chi connectivity index (χ0n) is 16.5. The molecule has 3 aliphatic rings. The topological polar surface area (TPSA) is 17.1 Å². The molecule has 0 N–H and O–H groups in total. The van der Waals surface area contributed by atoms with Gasteiger partial charge in [-0.05, 0) is 92.1 Å². The predicted octanol–water partition coefficient (Wildman–Crippen LogP) is 6.66. The Kier molecular flexibility index (Phi) is 5.71. The van der Waals surface area contributed by atoms with Crippen LogP contribution in [0.1, 0.15) is 78.6 Å². The van der Waals surface area contributed by atoms with Crippen molar-refractivity contribution in [3.63, 3.8) is 0 Å². The largest absolute Gasteiger partial charge is 0.303 e. The van der Waals surface area contributed by atoms with Crippen LogP contribution in [0.4, 0.5) is 0 Å². The van der Waals surface area contributed by atoms with Crippen LogP contribution in [0.3, 0.4) is 0 Å². The molecule has 0 aromatic rings. The van der Waals surface area contributed by atoms with Gasteiger partial charge in [0.25, 0.3) is 0 Å². The van der Waals surface area contributed by atoms with Crippen LogP contribution < -0.4 is 0 Å². The van der Waals surface area contributed by atoms with Gasteiger partial charge in [0.05, 0.1) is 0 Å². The summed E-state index contributed by atoms with van der Waals surface area (Å²) >= 11 is 0. The highest BCUT2D eigenvalue weighted by Crippen LogP contribution is 2.59. The van der Waals surface area contributed by atoms with Crippen molar-refractivity contribution in [3.05, 3.63) is 35.5 Å². The fourth-order valence-electron chi connectivity index (χ4n) is 6.22. The summed E-state index contributed by atoms with van der Waals surface area (Å²) in [4.78, 5) is 11.4. The normalized spacial score (nSPS) is 40.3. The first-order chi connectivity index (χ1) is 12.0. The molecule has 0 amide bonds. The fourth-order valence-corrected chi connectivity index (χ4v) is 6.22. The summed E-state index contributed by atoms with van der Waals surface area (Å²) in [7, 11) is 0. The van der Waals surface area contributed by atoms with Crippen LogP contribution >= 0.6 is 0 Å². The molecular formula is C24H36O. The SMILES string of the molecule is C=C1C(=CC=C2CCCC3(C)C2CCC3C(C)C=O)CCCC1CC. The highest BCUT2D eigenvalue weighted by atomic mass is 16.1. The van der Waals surface area contributed by atoms with Crippen molar-refractivity contribution in [2.75, 3.05) is 0 Å². The van der Waals surface area contributed by atoms with E-state index in [0.29, 0.717) is 23.2 Å². The molecule has 0 spiro atoms. The van der Waals surface area contributed by atoms with Gasteiger partial charge >= 0.3 is 0 Å². The van der Waals surface area contributed by atoms with Gasteiger partial charge in [-0.1, -0.05) is 45.1 Å². The third kappa shape index (κ3) is 3.44. The molecule has 0 aliphatic heterocycles. The monoisotopic (exact) mass is 340 g/mol. The predicted molar refractivity (Wildman–Crippen MR) is 106 cm³/mol. The Morgan fingerprint density at radius 2 is 2.00 bits per heavy atom. The molecule has 5 unspecified atom stereocenters. The standard InChI is InChI=1S/C24H36O/c1-5-19-8-6-9-20(18(19)3)11-12-21-10-7-15-24(4)22(17(2)16-25)13-14-23(21)24/h11-12,16-17,19,22-23H,3,5-10,13-15H2,1-2,4H3. The number of aldehydes is 1. The second kappa shape index (κ2) is 7.64. The second-order valence-electron chi connectivity index (χ2n) is 9.05. The second-order valence-corrected chi connectivity index (χ2v) is 9.05. The Morgan fingerprint density at radius 3 is 2.72 bits per heavy atom. The lowest BCUT2D eigenvalue weighted by molar-refractivity contribution is -0.113. The van der Waals surface area contributed by atoms with Crippen LogP contribution in [0.25, 0.3) is 0 Å². The zero-order valence-corrected chi connectivity index (χ0v) is 16.5. The molecule has 3 aliphatic carbocycles. The molecule has 5 atom stereocenters. The third-order valence-corrected chi connectivity index (χ3v) is 7.78. The van der Waals surface area contributed by atoms with Crippen molar-refractivity contribution in [1.82, 2.24) is 0 Å². The summed E-state index contributed by atoms with van der Waals surface area (Å²) in [6, 6.07) is 0. The van der Waals surface area contributed by atoms with Crippen LogP contribution in [0.15, 0.2) is 35.5 Å². The molecule has 0 bridgehead atoms. The molecule has 0 heterocycles. The molecule has 138 valence electrons. The molecule has 25 heavy (non-hydrogen) atoms. The van der Waals surface area contributed by atoms with E-state index in [1.54, 1.807) is 5.57 Å². The molecule has 3 saturated carbocycles. The van der Waals surface area contributed by atoms with Crippen LogP contribution in [-0.2, 0) is 4.79 Å². The van der Waals surface area contributed by atoms with Gasteiger partial charge < -0.3 is 4.79 Å². The Labute approximate surface area is 154 Å². The number of carbonyl (C=O) groups is 1. The van der Waals surface area contributed by atoms with E-state index < -0.39 is 0 Å². The van der Waals surface area contributed by atoms with E-state index in [1.807, 2.05) is 0 Å². The van der Waals surface area contributed by atoms with Gasteiger partial charge in [0, 0.05) is 5.92 Å². The van der Waals surface area contributed by atoms with Crippen molar-refractivity contribution in [2.45, 2.75) is 78.6 Å². The van der Waals surface area contributed by atoms with E-state index in [9.17, 15) is 4.79 Å². The first-order valence-corrected chi connectivity index (χ1v) is 10.5. The minimum atomic E-state index is 0.205. The maximum absolute atomic E-state index is 11.4. The van der Waals surface area contributed by atoms with Gasteiger partial charge in [-0.2, -0.15) is 0 Å². The average molecular weight is 341 g/mol. The number of rotatable bonds is 4. The Hall–Kier alpha value is -1.11. The van der Waals surface area contributed by atoms with E-state index >= 15 is 0 Å². The number of hydrogen-bond acceptors (Lipinski definition) is 1. The van der Waals surface area contributed by atoms with Gasteiger partial charge in [0.1, 0.15) is 6.29 Å². The lowest BCUT2D eigenvalue weighted by Gasteiger charge is -2.43. The van der Waals surface area contributed by atoms with E-state index in [-0.39, 0.29) is 5.92 Å². The Bertz CT molecular complexity index is 581. The molecule has 3 rings (SSSR count). The summed E-state index contributed by atoms with van der Waals surface area (Å²) in [5.74, 6) is 2.15. The smallest absolute Gasteiger partial charge is 0.123 e. The summed E-state index contributed by atoms with van der Waals surface area (Å²) < 4.78 is 0. The van der Waals surface area contributed by atoms with Crippen LogP contribution in [-0.4, -0.2) is 6.29 Å². The van der Waals surface area contributed by atoms with Crippen molar-refractivity contribution in [2.24, 2.45) is 29.1 Å². The molecule has 0 radical (unpaired) electrons. The highest BCUT2D eigenvalue weighted by Gasteiger charge is 2.50. The molecular weight excluding hydrogens is 304 g/mol. The van der Waals surface area contributed by atoms with Crippen molar-refractivity contribution >= 4 is 6.29 Å². The van der Waals surface area contributed by atoms with Gasteiger partial charge in [0.2, 0.25) is 0 Å². The Balaban J connectivity index is 1.81. The van der Waals surface area contributed by atoms with E-state index in [0.717, 1.165) is 0 Å². The maximum atomic E-state index is 11.4.